The second kappa shape index (κ2) is 20.6. The molecule has 12 aromatic carbocycles. The zero-order valence-corrected chi connectivity index (χ0v) is 46.1. The zero-order chi connectivity index (χ0) is 56.3. The summed E-state index contributed by atoms with van der Waals surface area (Å²) < 4.78 is 0. The van der Waals surface area contributed by atoms with Gasteiger partial charge in [0.25, 0.3) is 0 Å². The molecule has 0 radical (unpaired) electrons. The first-order valence-electron chi connectivity index (χ1n) is 28.8. The summed E-state index contributed by atoms with van der Waals surface area (Å²) in [5.41, 5.74) is 23.6. The Balaban J connectivity index is 0.851. The second-order valence-corrected chi connectivity index (χ2v) is 21.7. The van der Waals surface area contributed by atoms with Gasteiger partial charge in [0.2, 0.25) is 0 Å². The van der Waals surface area contributed by atoms with Gasteiger partial charge >= 0.3 is 0 Å². The first kappa shape index (κ1) is 49.5. The van der Waals surface area contributed by atoms with Crippen molar-refractivity contribution < 1.29 is 0 Å². The van der Waals surface area contributed by atoms with Crippen molar-refractivity contribution in [2.45, 2.75) is 5.41 Å². The van der Waals surface area contributed by atoms with Gasteiger partial charge in [0.05, 0.1) is 5.41 Å². The van der Waals surface area contributed by atoms with Crippen molar-refractivity contribution in [3.63, 3.8) is 0 Å². The maximum Gasteiger partial charge on any atom is 0.164 e. The number of rotatable bonds is 10. The van der Waals surface area contributed by atoms with E-state index in [0.717, 1.165) is 77.9 Å². The average molecular weight is 1080 g/mol. The maximum absolute atomic E-state index is 5.44. The molecule has 2 aliphatic rings. The highest BCUT2D eigenvalue weighted by atomic mass is 15.0. The number of hydrogen-bond donors (Lipinski definition) is 0. The summed E-state index contributed by atoms with van der Waals surface area (Å²) >= 11 is 0. The fraction of sp³-hybridized carbons (Fsp3) is 0.0127. The maximum atomic E-state index is 5.44. The smallest absolute Gasteiger partial charge is 0.164 e. The van der Waals surface area contributed by atoms with Gasteiger partial charge in [0.1, 0.15) is 0 Å². The third kappa shape index (κ3) is 8.49. The summed E-state index contributed by atoms with van der Waals surface area (Å²) in [6.45, 7) is 0. The molecule has 6 nitrogen and oxygen atoms in total. The van der Waals surface area contributed by atoms with Crippen LogP contribution in [0.1, 0.15) is 22.3 Å². The van der Waals surface area contributed by atoms with E-state index < -0.39 is 5.41 Å². The van der Waals surface area contributed by atoms with E-state index in [2.05, 4.69) is 224 Å². The van der Waals surface area contributed by atoms with Gasteiger partial charge in [-0.2, -0.15) is 0 Å². The lowest BCUT2D eigenvalue weighted by molar-refractivity contribution is 0.794. The van der Waals surface area contributed by atoms with Crippen LogP contribution >= 0.6 is 0 Å². The van der Waals surface area contributed by atoms with Crippen molar-refractivity contribution in [1.82, 2.24) is 29.9 Å². The van der Waals surface area contributed by atoms with Gasteiger partial charge in [-0.3, -0.25) is 0 Å². The minimum Gasteiger partial charge on any atom is -0.208 e. The second-order valence-electron chi connectivity index (χ2n) is 21.7. The van der Waals surface area contributed by atoms with Gasteiger partial charge in [-0.25, -0.2) is 29.9 Å². The van der Waals surface area contributed by atoms with Crippen LogP contribution in [0.25, 0.3) is 135 Å². The Labute approximate surface area is 493 Å². The predicted molar refractivity (Wildman–Crippen MR) is 344 cm³/mol. The van der Waals surface area contributed by atoms with Crippen LogP contribution in [0.3, 0.4) is 0 Å². The van der Waals surface area contributed by atoms with Crippen molar-refractivity contribution >= 4 is 0 Å². The molecule has 6 heteroatoms. The first-order chi connectivity index (χ1) is 42.1. The molecular weight excluding hydrogens is 1030 g/mol. The Hall–Kier alpha value is -11.3. The standard InChI is InChI=1S/C79H50N6/c1-6-24-51(25-7-1)66-48-61(49-67(52-26-8-2-9-27-52)72(66)57-35-23-37-59(47-57)77-81-73(53-28-10-3-11-29-53)80-74(82-77)54-30-12-4-13-31-54)56-34-22-36-58(46-56)76-83-75(55-32-14-5-15-33-55)84-78(85-76)60-44-45-65-64-40-18-21-43-70(64)79(71(65)50-60)68-41-19-16-38-62(68)63-39-17-20-42-69(63)79/h1-50H. The monoisotopic (exact) mass is 1080 g/mol. The number of hydrogen-bond acceptors (Lipinski definition) is 6. The van der Waals surface area contributed by atoms with Crippen LogP contribution in [-0.2, 0) is 5.41 Å². The highest BCUT2D eigenvalue weighted by molar-refractivity contribution is 5.99. The lowest BCUT2D eigenvalue weighted by atomic mass is 9.70. The Morgan fingerprint density at radius 2 is 0.459 bits per heavy atom. The minimum absolute atomic E-state index is 0.510. The van der Waals surface area contributed by atoms with Crippen molar-refractivity contribution in [1.29, 1.82) is 0 Å². The van der Waals surface area contributed by atoms with Crippen LogP contribution in [0.4, 0.5) is 0 Å². The Bertz CT molecular complexity index is 4690. The molecule has 0 N–H and O–H groups in total. The van der Waals surface area contributed by atoms with Gasteiger partial charge in [-0.1, -0.05) is 273 Å². The molecule has 0 aliphatic heterocycles. The number of fused-ring (bicyclic) bond motifs is 10. The van der Waals surface area contributed by atoms with E-state index in [1.54, 1.807) is 0 Å². The van der Waals surface area contributed by atoms with E-state index in [-0.39, 0.29) is 0 Å². The van der Waals surface area contributed by atoms with E-state index in [4.69, 9.17) is 29.9 Å². The Morgan fingerprint density at radius 1 is 0.165 bits per heavy atom. The fourth-order valence-electron chi connectivity index (χ4n) is 13.0. The molecule has 0 saturated carbocycles. The summed E-state index contributed by atoms with van der Waals surface area (Å²) in [5.74, 6) is 3.63. The van der Waals surface area contributed by atoms with Crippen molar-refractivity contribution in [3.05, 3.63) is 326 Å². The third-order valence-electron chi connectivity index (χ3n) is 16.8. The van der Waals surface area contributed by atoms with Crippen molar-refractivity contribution in [3.8, 4) is 135 Å². The quantitative estimate of drug-likeness (QED) is 0.136. The SMILES string of the molecule is c1ccc(-c2nc(-c3ccccc3)nc(-c3cccc(-c4c(-c5ccccc5)cc(-c5cccc(-c6nc(-c7ccccc7)nc(-c7ccc8c(c7)C7(c9ccccc9-c9ccccc97)c7ccccc7-8)n6)c5)cc4-c4ccccc4)c3)n2)cc1. The Morgan fingerprint density at radius 3 is 0.871 bits per heavy atom. The third-order valence-corrected chi connectivity index (χ3v) is 16.8. The van der Waals surface area contributed by atoms with E-state index in [1.807, 2.05) is 78.9 Å². The highest BCUT2D eigenvalue weighted by Crippen LogP contribution is 2.63. The van der Waals surface area contributed by atoms with Gasteiger partial charge in [0, 0.05) is 33.4 Å². The van der Waals surface area contributed by atoms with Crippen LogP contribution in [0, 0.1) is 0 Å². The molecule has 85 heavy (non-hydrogen) atoms. The Kier molecular flexibility index (Phi) is 12.0. The normalized spacial score (nSPS) is 12.3. The molecule has 0 fully saturated rings. The molecule has 14 aromatic rings. The predicted octanol–water partition coefficient (Wildman–Crippen LogP) is 19.1. The summed E-state index contributed by atoms with van der Waals surface area (Å²) in [6, 6.07) is 107. The average Bonchev–Trinajstić information content (AvgIpc) is 1.69. The number of benzene rings is 12. The molecule has 0 unspecified atom stereocenters. The van der Waals surface area contributed by atoms with Gasteiger partial charge in [0.15, 0.2) is 34.9 Å². The van der Waals surface area contributed by atoms with Crippen LogP contribution in [0.2, 0.25) is 0 Å². The lowest BCUT2D eigenvalue weighted by Gasteiger charge is -2.30. The van der Waals surface area contributed by atoms with Gasteiger partial charge in [-0.15, -0.1) is 0 Å². The lowest BCUT2D eigenvalue weighted by Crippen LogP contribution is -2.25. The molecule has 2 heterocycles. The van der Waals surface area contributed by atoms with E-state index in [1.165, 1.54) is 44.5 Å². The topological polar surface area (TPSA) is 77.3 Å². The summed E-state index contributed by atoms with van der Waals surface area (Å²) in [4.78, 5) is 31.3. The van der Waals surface area contributed by atoms with Crippen LogP contribution in [-0.4, -0.2) is 29.9 Å². The molecule has 16 rings (SSSR count). The molecule has 0 bridgehead atoms. The number of aromatic nitrogens is 6. The first-order valence-corrected chi connectivity index (χ1v) is 28.8. The zero-order valence-electron chi connectivity index (χ0n) is 46.1. The van der Waals surface area contributed by atoms with Gasteiger partial charge in [-0.05, 0) is 119 Å². The van der Waals surface area contributed by atoms with Crippen molar-refractivity contribution in [2.24, 2.45) is 0 Å². The molecule has 396 valence electrons. The van der Waals surface area contributed by atoms with Crippen LogP contribution < -0.4 is 0 Å². The van der Waals surface area contributed by atoms with Crippen LogP contribution in [0.15, 0.2) is 303 Å². The minimum atomic E-state index is -0.510. The molecular formula is C79H50N6. The molecule has 2 aliphatic carbocycles. The largest absolute Gasteiger partial charge is 0.208 e. The summed E-state index contributed by atoms with van der Waals surface area (Å²) in [5, 5.41) is 0. The van der Waals surface area contributed by atoms with E-state index in [9.17, 15) is 0 Å². The van der Waals surface area contributed by atoms with Gasteiger partial charge < -0.3 is 0 Å². The van der Waals surface area contributed by atoms with E-state index in [0.29, 0.717) is 34.9 Å². The summed E-state index contributed by atoms with van der Waals surface area (Å²) in [6.07, 6.45) is 0. The molecule has 0 amide bonds. The molecule has 2 aromatic heterocycles. The van der Waals surface area contributed by atoms with Crippen molar-refractivity contribution in [2.75, 3.05) is 0 Å². The van der Waals surface area contributed by atoms with E-state index >= 15 is 0 Å². The van der Waals surface area contributed by atoms with Crippen LogP contribution in [0.5, 0.6) is 0 Å². The molecule has 0 atom stereocenters. The summed E-state index contributed by atoms with van der Waals surface area (Å²) in [7, 11) is 0. The molecule has 1 spiro atoms. The number of nitrogens with zero attached hydrogens (tertiary/aromatic N) is 6. The fourth-order valence-corrected chi connectivity index (χ4v) is 13.0. The molecule has 0 saturated heterocycles. The highest BCUT2D eigenvalue weighted by Gasteiger charge is 2.51.